The molecule has 2 nitrogen and oxygen atoms in total. The quantitative estimate of drug-likeness (QED) is 0.806. The van der Waals surface area contributed by atoms with Crippen LogP contribution in [-0.4, -0.2) is 28.3 Å². The molecule has 16 heavy (non-hydrogen) atoms. The van der Waals surface area contributed by atoms with E-state index in [0.29, 0.717) is 11.5 Å². The second-order valence-electron chi connectivity index (χ2n) is 5.88. The zero-order chi connectivity index (χ0) is 12.2. The van der Waals surface area contributed by atoms with Gasteiger partial charge in [-0.1, -0.05) is 27.7 Å². The summed E-state index contributed by atoms with van der Waals surface area (Å²) in [6.45, 7) is 9.98. The molecule has 0 bridgehead atoms. The Bertz CT molecular complexity index is 240. The molecule has 0 saturated heterocycles. The smallest absolute Gasteiger partial charge is 0.0360 e. The average Bonchev–Trinajstić information content (AvgIpc) is 2.20. The van der Waals surface area contributed by atoms with Crippen molar-refractivity contribution in [2.45, 2.75) is 53.0 Å². The molecule has 3 atom stereocenters. The maximum absolute atomic E-state index is 11.3. The van der Waals surface area contributed by atoms with Gasteiger partial charge in [0.2, 0.25) is 0 Å². The lowest BCUT2D eigenvalue weighted by atomic mass is 9.70. The summed E-state index contributed by atoms with van der Waals surface area (Å²) in [5.74, 6) is 2.34. The summed E-state index contributed by atoms with van der Waals surface area (Å²) in [5.41, 5.74) is 0.518. The highest BCUT2D eigenvalue weighted by Gasteiger charge is 2.31. The number of hydrogen-bond acceptors (Lipinski definition) is 2. The molecule has 1 rings (SSSR count). The van der Waals surface area contributed by atoms with E-state index in [0.717, 1.165) is 24.0 Å². The third kappa shape index (κ3) is 4.54. The van der Waals surface area contributed by atoms with Crippen LogP contribution in [0.25, 0.3) is 0 Å². The third-order valence-electron chi connectivity index (χ3n) is 3.75. The molecule has 3 unspecified atom stereocenters. The van der Waals surface area contributed by atoms with Gasteiger partial charge in [-0.25, -0.2) is 0 Å². The van der Waals surface area contributed by atoms with Crippen LogP contribution in [0.3, 0.4) is 0 Å². The van der Waals surface area contributed by atoms with E-state index in [2.05, 4.69) is 26.1 Å². The summed E-state index contributed by atoms with van der Waals surface area (Å²) in [5, 5.41) is 3.58. The minimum Gasteiger partial charge on any atom is -0.313 e. The van der Waals surface area contributed by atoms with Gasteiger partial charge in [0.05, 0.1) is 0 Å². The summed E-state index contributed by atoms with van der Waals surface area (Å²) < 4.78 is 11.3. The molecule has 3 heteroatoms. The molecule has 1 saturated carbocycles. The molecule has 0 aromatic carbocycles. The van der Waals surface area contributed by atoms with Crippen molar-refractivity contribution >= 4 is 10.8 Å². The highest BCUT2D eigenvalue weighted by molar-refractivity contribution is 7.84. The first-order chi connectivity index (χ1) is 7.44. The second kappa shape index (κ2) is 6.15. The summed E-state index contributed by atoms with van der Waals surface area (Å²) in [6, 6.07) is 0.641. The lowest BCUT2D eigenvalue weighted by Gasteiger charge is -2.39. The minimum absolute atomic E-state index is 0.518. The Kier molecular flexibility index (Phi) is 5.45. The van der Waals surface area contributed by atoms with E-state index in [1.165, 1.54) is 19.3 Å². The van der Waals surface area contributed by atoms with Crippen molar-refractivity contribution in [3.05, 3.63) is 0 Å². The van der Waals surface area contributed by atoms with Crippen LogP contribution in [0.15, 0.2) is 0 Å². The molecule has 0 aliphatic heterocycles. The van der Waals surface area contributed by atoms with E-state index >= 15 is 0 Å². The van der Waals surface area contributed by atoms with Crippen molar-refractivity contribution < 1.29 is 4.21 Å². The maximum Gasteiger partial charge on any atom is 0.0360 e. The van der Waals surface area contributed by atoms with Crippen molar-refractivity contribution in [3.63, 3.8) is 0 Å². The van der Waals surface area contributed by atoms with Gasteiger partial charge in [0.25, 0.3) is 0 Å². The maximum atomic E-state index is 11.3. The van der Waals surface area contributed by atoms with E-state index in [4.69, 9.17) is 0 Å². The van der Waals surface area contributed by atoms with Crippen LogP contribution < -0.4 is 5.32 Å². The molecule has 1 N–H and O–H groups in total. The van der Waals surface area contributed by atoms with Crippen molar-refractivity contribution in [2.75, 3.05) is 18.1 Å². The molecule has 0 heterocycles. The van der Waals surface area contributed by atoms with Gasteiger partial charge in [-0.15, -0.1) is 0 Å². The van der Waals surface area contributed by atoms with Crippen molar-refractivity contribution in [2.24, 2.45) is 11.3 Å². The molecule has 1 aliphatic carbocycles. The summed E-state index contributed by atoms with van der Waals surface area (Å²) in [7, 11) is -0.620. The molecular formula is C13H27NOS. The Hall–Kier alpha value is 0.110. The Morgan fingerprint density at radius 2 is 2.12 bits per heavy atom. The van der Waals surface area contributed by atoms with Crippen LogP contribution in [0.4, 0.5) is 0 Å². The average molecular weight is 245 g/mol. The van der Waals surface area contributed by atoms with Crippen molar-refractivity contribution in [1.82, 2.24) is 5.32 Å². The van der Waals surface area contributed by atoms with Gasteiger partial charge < -0.3 is 5.32 Å². The summed E-state index contributed by atoms with van der Waals surface area (Å²) in [4.78, 5) is 0. The van der Waals surface area contributed by atoms with Crippen molar-refractivity contribution in [1.29, 1.82) is 0 Å². The molecular weight excluding hydrogens is 218 g/mol. The number of nitrogens with one attached hydrogen (secondary N) is 1. The number of hydrogen-bond donors (Lipinski definition) is 1. The summed E-state index contributed by atoms with van der Waals surface area (Å²) >= 11 is 0. The Labute approximate surface area is 103 Å². The first-order valence-corrected chi connectivity index (χ1v) is 8.02. The summed E-state index contributed by atoms with van der Waals surface area (Å²) in [6.07, 6.45) is 3.89. The van der Waals surface area contributed by atoms with Gasteiger partial charge in [-0.2, -0.15) is 0 Å². The fourth-order valence-electron chi connectivity index (χ4n) is 2.75. The Balaban J connectivity index is 2.26. The van der Waals surface area contributed by atoms with Crippen molar-refractivity contribution in [3.8, 4) is 0 Å². The normalized spacial score (nSPS) is 31.2. The van der Waals surface area contributed by atoms with Gasteiger partial charge in [-0.05, 0) is 30.6 Å². The molecule has 0 radical (unpaired) electrons. The van der Waals surface area contributed by atoms with E-state index in [9.17, 15) is 4.21 Å². The fraction of sp³-hybridized carbons (Fsp3) is 1.00. The number of rotatable bonds is 5. The van der Waals surface area contributed by atoms with Crippen LogP contribution in [0, 0.1) is 11.3 Å². The largest absolute Gasteiger partial charge is 0.313 e. The lowest BCUT2D eigenvalue weighted by Crippen LogP contribution is -2.43. The Morgan fingerprint density at radius 3 is 2.69 bits per heavy atom. The Morgan fingerprint density at radius 1 is 1.44 bits per heavy atom. The topological polar surface area (TPSA) is 29.1 Å². The van der Waals surface area contributed by atoms with Gasteiger partial charge in [0, 0.05) is 34.9 Å². The van der Waals surface area contributed by atoms with Crippen LogP contribution in [-0.2, 0) is 10.8 Å². The SMILES string of the molecule is CCS(=O)CCNC1CCC(C)(C)CC1C. The monoisotopic (exact) mass is 245 g/mol. The molecule has 0 aromatic rings. The molecule has 1 fully saturated rings. The molecule has 0 aromatic heterocycles. The van der Waals surface area contributed by atoms with Gasteiger partial charge in [-0.3, -0.25) is 4.21 Å². The van der Waals surface area contributed by atoms with Crippen LogP contribution in [0.5, 0.6) is 0 Å². The minimum atomic E-state index is -0.620. The van der Waals surface area contributed by atoms with Gasteiger partial charge in [0.15, 0.2) is 0 Å². The second-order valence-corrected chi connectivity index (χ2v) is 7.74. The third-order valence-corrected chi connectivity index (χ3v) is 5.06. The predicted molar refractivity (Wildman–Crippen MR) is 72.1 cm³/mol. The first-order valence-electron chi connectivity index (χ1n) is 6.53. The highest BCUT2D eigenvalue weighted by atomic mass is 32.2. The highest BCUT2D eigenvalue weighted by Crippen LogP contribution is 2.38. The standard InChI is InChI=1S/C13H27NOS/c1-5-16(15)9-8-14-12-6-7-13(3,4)10-11(12)2/h11-12,14H,5-10H2,1-4H3. The zero-order valence-electron chi connectivity index (χ0n) is 11.2. The molecule has 0 amide bonds. The van der Waals surface area contributed by atoms with Gasteiger partial charge >= 0.3 is 0 Å². The van der Waals surface area contributed by atoms with Crippen LogP contribution >= 0.6 is 0 Å². The molecule has 0 spiro atoms. The van der Waals surface area contributed by atoms with E-state index in [-0.39, 0.29) is 0 Å². The van der Waals surface area contributed by atoms with E-state index < -0.39 is 10.8 Å². The lowest BCUT2D eigenvalue weighted by molar-refractivity contribution is 0.150. The van der Waals surface area contributed by atoms with Gasteiger partial charge in [0.1, 0.15) is 0 Å². The van der Waals surface area contributed by atoms with Crippen LogP contribution in [0.2, 0.25) is 0 Å². The predicted octanol–water partition coefficient (Wildman–Crippen LogP) is 2.56. The first kappa shape index (κ1) is 14.2. The fourth-order valence-corrected chi connectivity index (χ4v) is 3.39. The zero-order valence-corrected chi connectivity index (χ0v) is 12.0. The van der Waals surface area contributed by atoms with E-state index in [1.807, 2.05) is 6.92 Å². The molecule has 1 aliphatic rings. The van der Waals surface area contributed by atoms with Crippen LogP contribution in [0.1, 0.15) is 47.0 Å². The van der Waals surface area contributed by atoms with E-state index in [1.54, 1.807) is 0 Å². The molecule has 96 valence electrons.